The van der Waals surface area contributed by atoms with Gasteiger partial charge >= 0.3 is 7.12 Å². The number of rotatable bonds is 10. The molecule has 2 N–H and O–H groups in total. The normalized spacial score (nSPS) is 18.8. The summed E-state index contributed by atoms with van der Waals surface area (Å²) in [6, 6.07) is 14.3. The lowest BCUT2D eigenvalue weighted by molar-refractivity contribution is -0.187. The van der Waals surface area contributed by atoms with Gasteiger partial charge in [-0.2, -0.15) is 0 Å². The van der Waals surface area contributed by atoms with Crippen molar-refractivity contribution in [3.8, 4) is 5.75 Å². The number of benzene rings is 2. The highest BCUT2D eigenvalue weighted by molar-refractivity contribution is 6.59. The molecule has 0 amide bonds. The molecule has 1 saturated heterocycles. The van der Waals surface area contributed by atoms with Gasteiger partial charge in [0.25, 0.3) is 0 Å². The van der Waals surface area contributed by atoms with Gasteiger partial charge in [0.15, 0.2) is 12.1 Å². The zero-order valence-corrected chi connectivity index (χ0v) is 17.3. The number of ketones is 1. The van der Waals surface area contributed by atoms with E-state index >= 15 is 0 Å². The summed E-state index contributed by atoms with van der Waals surface area (Å²) in [6.07, 6.45) is 3.33. The Labute approximate surface area is 177 Å². The molecule has 7 heteroatoms. The molecule has 1 fully saturated rings. The number of carbonyl (C=O) groups excluding carboxylic acids is 1. The van der Waals surface area contributed by atoms with Crippen LogP contribution in [0.15, 0.2) is 48.5 Å². The third kappa shape index (κ3) is 6.41. The van der Waals surface area contributed by atoms with Gasteiger partial charge in [-0.3, -0.25) is 4.79 Å². The number of ether oxygens (including phenoxy) is 3. The maximum Gasteiger partial charge on any atom is 0.488 e. The van der Waals surface area contributed by atoms with Crippen molar-refractivity contribution >= 4 is 18.4 Å². The van der Waals surface area contributed by atoms with E-state index in [2.05, 4.69) is 6.92 Å². The minimum atomic E-state index is -1.54. The van der Waals surface area contributed by atoms with E-state index in [9.17, 15) is 14.8 Å². The fourth-order valence-corrected chi connectivity index (χ4v) is 3.45. The number of unbranched alkanes of at least 4 members (excludes halogenated alkanes) is 1. The number of carbonyl (C=O) groups is 1. The van der Waals surface area contributed by atoms with Crippen LogP contribution in [0.4, 0.5) is 0 Å². The standard InChI is InChI=1S/C23H29BO6/c1-2-3-8-22(25)17-9-11-19(12-10-17)30-20-13-14-28-23(15-20)29-16-18-6-4-5-7-21(18)24(26)27/h4-7,9-12,20,23,26-27H,2-3,8,13-16H2,1H3. The van der Waals surface area contributed by atoms with Crippen LogP contribution in [-0.4, -0.2) is 42.0 Å². The van der Waals surface area contributed by atoms with Crippen LogP contribution in [0.25, 0.3) is 0 Å². The molecule has 6 nitrogen and oxygen atoms in total. The molecule has 0 radical (unpaired) electrons. The third-order valence-corrected chi connectivity index (χ3v) is 5.19. The summed E-state index contributed by atoms with van der Waals surface area (Å²) in [4.78, 5) is 12.1. The maximum absolute atomic E-state index is 12.1. The molecule has 2 aromatic rings. The number of hydrogen-bond donors (Lipinski definition) is 2. The Hall–Kier alpha value is -2.19. The number of hydrogen-bond acceptors (Lipinski definition) is 6. The van der Waals surface area contributed by atoms with Gasteiger partial charge in [0.1, 0.15) is 11.9 Å². The first-order valence-corrected chi connectivity index (χ1v) is 10.5. The zero-order valence-electron chi connectivity index (χ0n) is 17.3. The van der Waals surface area contributed by atoms with Gasteiger partial charge < -0.3 is 24.3 Å². The molecule has 0 saturated carbocycles. The SMILES string of the molecule is CCCCC(=O)c1ccc(OC2CCOC(OCc3ccccc3B(O)O)C2)cc1. The molecule has 2 aromatic carbocycles. The molecule has 0 bridgehead atoms. The van der Waals surface area contributed by atoms with Gasteiger partial charge in [0.05, 0.1) is 13.2 Å². The molecule has 1 aliphatic heterocycles. The fourth-order valence-electron chi connectivity index (χ4n) is 3.45. The quantitative estimate of drug-likeness (QED) is 0.461. The predicted octanol–water partition coefficient (Wildman–Crippen LogP) is 2.84. The predicted molar refractivity (Wildman–Crippen MR) is 115 cm³/mol. The highest BCUT2D eigenvalue weighted by Crippen LogP contribution is 2.23. The lowest BCUT2D eigenvalue weighted by Crippen LogP contribution is -2.36. The molecule has 160 valence electrons. The second-order valence-corrected chi connectivity index (χ2v) is 7.50. The maximum atomic E-state index is 12.1. The largest absolute Gasteiger partial charge is 0.490 e. The van der Waals surface area contributed by atoms with Crippen molar-refractivity contribution in [2.45, 2.75) is 58.0 Å². The summed E-state index contributed by atoms with van der Waals surface area (Å²) in [5, 5.41) is 18.9. The Morgan fingerprint density at radius 2 is 1.93 bits per heavy atom. The molecule has 0 aromatic heterocycles. The average Bonchev–Trinajstić information content (AvgIpc) is 2.77. The molecule has 2 unspecified atom stereocenters. The van der Waals surface area contributed by atoms with E-state index in [4.69, 9.17) is 14.2 Å². The van der Waals surface area contributed by atoms with Crippen LogP contribution < -0.4 is 10.2 Å². The minimum absolute atomic E-state index is 0.0518. The lowest BCUT2D eigenvalue weighted by Gasteiger charge is -2.30. The van der Waals surface area contributed by atoms with Gasteiger partial charge in [0.2, 0.25) is 0 Å². The first-order valence-electron chi connectivity index (χ1n) is 10.5. The summed E-state index contributed by atoms with van der Waals surface area (Å²) in [6.45, 7) is 2.82. The summed E-state index contributed by atoms with van der Waals surface area (Å²) in [5.41, 5.74) is 1.85. The van der Waals surface area contributed by atoms with Crippen molar-refractivity contribution in [1.29, 1.82) is 0 Å². The Kier molecular flexibility index (Phi) is 8.45. The van der Waals surface area contributed by atoms with Gasteiger partial charge in [-0.1, -0.05) is 37.6 Å². The molecule has 1 heterocycles. The van der Waals surface area contributed by atoms with Crippen LogP contribution in [0.1, 0.15) is 54.9 Å². The van der Waals surface area contributed by atoms with Crippen molar-refractivity contribution in [3.05, 3.63) is 59.7 Å². The van der Waals surface area contributed by atoms with E-state index in [1.54, 1.807) is 18.2 Å². The topological polar surface area (TPSA) is 85.2 Å². The minimum Gasteiger partial charge on any atom is -0.490 e. The molecule has 2 atom stereocenters. The van der Waals surface area contributed by atoms with E-state index in [1.165, 1.54) is 0 Å². The van der Waals surface area contributed by atoms with Gasteiger partial charge in [0, 0.05) is 24.8 Å². The van der Waals surface area contributed by atoms with Crippen LogP contribution >= 0.6 is 0 Å². The molecule has 0 spiro atoms. The fraction of sp³-hybridized carbons (Fsp3) is 0.435. The van der Waals surface area contributed by atoms with Gasteiger partial charge in [-0.25, -0.2) is 0 Å². The Bertz CT molecular complexity index is 808. The summed E-state index contributed by atoms with van der Waals surface area (Å²) in [7, 11) is -1.54. The molecule has 3 rings (SSSR count). The van der Waals surface area contributed by atoms with E-state index in [0.717, 1.165) is 25.0 Å². The van der Waals surface area contributed by atoms with Crippen LogP contribution in [0.3, 0.4) is 0 Å². The van der Waals surface area contributed by atoms with Gasteiger partial charge in [-0.05, 0) is 41.7 Å². The monoisotopic (exact) mass is 412 g/mol. The highest BCUT2D eigenvalue weighted by atomic mass is 16.7. The first-order chi connectivity index (χ1) is 14.6. The molecular formula is C23H29BO6. The van der Waals surface area contributed by atoms with E-state index in [1.807, 2.05) is 30.3 Å². The highest BCUT2D eigenvalue weighted by Gasteiger charge is 2.25. The molecule has 1 aliphatic rings. The lowest BCUT2D eigenvalue weighted by atomic mass is 9.77. The first kappa shape index (κ1) is 22.5. The number of Topliss-reactive ketones (excluding diaryl/α,β-unsaturated/α-hetero) is 1. The third-order valence-electron chi connectivity index (χ3n) is 5.19. The van der Waals surface area contributed by atoms with Crippen LogP contribution in [0, 0.1) is 0 Å². The van der Waals surface area contributed by atoms with Gasteiger partial charge in [-0.15, -0.1) is 0 Å². The van der Waals surface area contributed by atoms with Crippen LogP contribution in [0.2, 0.25) is 0 Å². The Morgan fingerprint density at radius 1 is 1.17 bits per heavy atom. The van der Waals surface area contributed by atoms with Crippen molar-refractivity contribution in [2.75, 3.05) is 6.61 Å². The van der Waals surface area contributed by atoms with E-state index in [0.29, 0.717) is 36.0 Å². The van der Waals surface area contributed by atoms with Crippen LogP contribution in [0.5, 0.6) is 5.75 Å². The van der Waals surface area contributed by atoms with Crippen molar-refractivity contribution < 1.29 is 29.1 Å². The molecule has 0 aliphatic carbocycles. The molecule has 30 heavy (non-hydrogen) atoms. The zero-order chi connectivity index (χ0) is 21.3. The average molecular weight is 412 g/mol. The second kappa shape index (κ2) is 11.3. The van der Waals surface area contributed by atoms with E-state index in [-0.39, 0.29) is 18.5 Å². The molecular weight excluding hydrogens is 383 g/mol. The second-order valence-electron chi connectivity index (χ2n) is 7.50. The van der Waals surface area contributed by atoms with Crippen molar-refractivity contribution in [3.63, 3.8) is 0 Å². The Morgan fingerprint density at radius 3 is 2.67 bits per heavy atom. The Balaban J connectivity index is 1.51. The summed E-state index contributed by atoms with van der Waals surface area (Å²) in [5.74, 6) is 0.887. The van der Waals surface area contributed by atoms with E-state index < -0.39 is 13.4 Å². The van der Waals surface area contributed by atoms with Crippen LogP contribution in [-0.2, 0) is 16.1 Å². The van der Waals surface area contributed by atoms with Crippen molar-refractivity contribution in [2.24, 2.45) is 0 Å². The van der Waals surface area contributed by atoms with Crippen molar-refractivity contribution in [1.82, 2.24) is 0 Å². The summed E-state index contributed by atoms with van der Waals surface area (Å²) < 4.78 is 17.6. The smallest absolute Gasteiger partial charge is 0.488 e. The summed E-state index contributed by atoms with van der Waals surface area (Å²) >= 11 is 0.